The van der Waals surface area contributed by atoms with Crippen molar-refractivity contribution in [3.63, 3.8) is 0 Å². The zero-order chi connectivity index (χ0) is 21.6. The number of thioether (sulfide) groups is 1. The van der Waals surface area contributed by atoms with Crippen LogP contribution in [0.25, 0.3) is 11.5 Å². The third-order valence-electron chi connectivity index (χ3n) is 5.60. The van der Waals surface area contributed by atoms with Crippen LogP contribution in [0, 0.1) is 13.8 Å². The standard InChI is InChI=1S/C25H29N3O2S/c1-19-7-6-10-22(15-19)25-26-23(20(2)30-25)17-31-18-24(29)28-13-11-27(12-14-28)16-21-8-4-3-5-9-21/h3-10,15H,11-14,16-18H2,1-2H3. The lowest BCUT2D eigenvalue weighted by Gasteiger charge is -2.34. The molecular formula is C25H29N3O2S. The van der Waals surface area contributed by atoms with E-state index in [1.807, 2.05) is 30.0 Å². The molecule has 0 spiro atoms. The topological polar surface area (TPSA) is 49.6 Å². The Morgan fingerprint density at radius 3 is 2.55 bits per heavy atom. The van der Waals surface area contributed by atoms with Crippen LogP contribution in [0.2, 0.25) is 0 Å². The molecule has 0 radical (unpaired) electrons. The van der Waals surface area contributed by atoms with Crippen LogP contribution in [0.1, 0.15) is 22.6 Å². The van der Waals surface area contributed by atoms with Gasteiger partial charge in [0.15, 0.2) is 0 Å². The van der Waals surface area contributed by atoms with E-state index in [1.54, 1.807) is 11.8 Å². The predicted octanol–water partition coefficient (Wildman–Crippen LogP) is 4.54. The van der Waals surface area contributed by atoms with Crippen molar-refractivity contribution in [2.24, 2.45) is 0 Å². The van der Waals surface area contributed by atoms with Gasteiger partial charge in [-0.1, -0.05) is 48.0 Å². The summed E-state index contributed by atoms with van der Waals surface area (Å²) >= 11 is 1.61. The summed E-state index contributed by atoms with van der Waals surface area (Å²) in [5, 5.41) is 0. The fourth-order valence-electron chi connectivity index (χ4n) is 3.79. The zero-order valence-corrected chi connectivity index (χ0v) is 19.0. The van der Waals surface area contributed by atoms with Crippen molar-refractivity contribution in [1.29, 1.82) is 0 Å². The Morgan fingerprint density at radius 2 is 1.81 bits per heavy atom. The molecule has 0 N–H and O–H groups in total. The van der Waals surface area contributed by atoms with Gasteiger partial charge in [0, 0.05) is 44.0 Å². The fourth-order valence-corrected chi connectivity index (χ4v) is 4.71. The minimum Gasteiger partial charge on any atom is -0.441 e. The zero-order valence-electron chi connectivity index (χ0n) is 18.2. The van der Waals surface area contributed by atoms with E-state index in [0.29, 0.717) is 17.4 Å². The van der Waals surface area contributed by atoms with Crippen LogP contribution in [0.3, 0.4) is 0 Å². The van der Waals surface area contributed by atoms with Gasteiger partial charge in [-0.3, -0.25) is 9.69 Å². The van der Waals surface area contributed by atoms with Gasteiger partial charge in [0.2, 0.25) is 11.8 Å². The van der Waals surface area contributed by atoms with Crippen LogP contribution < -0.4 is 0 Å². The number of benzene rings is 2. The van der Waals surface area contributed by atoms with E-state index in [1.165, 1.54) is 11.1 Å². The van der Waals surface area contributed by atoms with Gasteiger partial charge >= 0.3 is 0 Å². The number of carbonyl (C=O) groups is 1. The summed E-state index contributed by atoms with van der Waals surface area (Å²) in [5.41, 5.74) is 4.41. The molecule has 5 nitrogen and oxygen atoms in total. The van der Waals surface area contributed by atoms with Crippen molar-refractivity contribution < 1.29 is 9.21 Å². The molecule has 31 heavy (non-hydrogen) atoms. The number of carbonyl (C=O) groups excluding carboxylic acids is 1. The van der Waals surface area contributed by atoms with E-state index in [0.717, 1.165) is 49.7 Å². The van der Waals surface area contributed by atoms with Crippen molar-refractivity contribution in [1.82, 2.24) is 14.8 Å². The van der Waals surface area contributed by atoms with Crippen molar-refractivity contribution >= 4 is 17.7 Å². The quantitative estimate of drug-likeness (QED) is 0.545. The number of aromatic nitrogens is 1. The van der Waals surface area contributed by atoms with Crippen LogP contribution in [0.4, 0.5) is 0 Å². The largest absolute Gasteiger partial charge is 0.441 e. The summed E-state index contributed by atoms with van der Waals surface area (Å²) < 4.78 is 5.86. The van der Waals surface area contributed by atoms with Crippen LogP contribution in [-0.4, -0.2) is 52.6 Å². The Morgan fingerprint density at radius 1 is 1.03 bits per heavy atom. The van der Waals surface area contributed by atoms with Crippen LogP contribution in [0.5, 0.6) is 0 Å². The highest BCUT2D eigenvalue weighted by Crippen LogP contribution is 2.25. The van der Waals surface area contributed by atoms with E-state index >= 15 is 0 Å². The highest BCUT2D eigenvalue weighted by Gasteiger charge is 2.21. The first-order valence-electron chi connectivity index (χ1n) is 10.7. The van der Waals surface area contributed by atoms with Gasteiger partial charge in [-0.05, 0) is 31.5 Å². The van der Waals surface area contributed by atoms with Crippen LogP contribution in [-0.2, 0) is 17.1 Å². The minimum absolute atomic E-state index is 0.212. The molecule has 0 saturated carbocycles. The molecule has 162 valence electrons. The minimum atomic E-state index is 0.212. The molecule has 0 unspecified atom stereocenters. The molecule has 0 bridgehead atoms. The summed E-state index contributed by atoms with van der Waals surface area (Å²) in [7, 11) is 0. The van der Waals surface area contributed by atoms with Gasteiger partial charge in [-0.15, -0.1) is 11.8 Å². The van der Waals surface area contributed by atoms with E-state index in [-0.39, 0.29) is 5.91 Å². The van der Waals surface area contributed by atoms with Gasteiger partial charge < -0.3 is 9.32 Å². The number of rotatable bonds is 7. The van der Waals surface area contributed by atoms with E-state index in [9.17, 15) is 4.79 Å². The second-order valence-corrected chi connectivity index (χ2v) is 9.01. The van der Waals surface area contributed by atoms with Crippen LogP contribution >= 0.6 is 11.8 Å². The van der Waals surface area contributed by atoms with Crippen LogP contribution in [0.15, 0.2) is 59.0 Å². The number of hydrogen-bond acceptors (Lipinski definition) is 5. The molecule has 3 aromatic rings. The number of oxazole rings is 1. The summed E-state index contributed by atoms with van der Waals surface area (Å²) in [5.74, 6) is 2.85. The van der Waals surface area contributed by atoms with Gasteiger partial charge in [0.25, 0.3) is 0 Å². The third-order valence-corrected chi connectivity index (χ3v) is 6.52. The van der Waals surface area contributed by atoms with Gasteiger partial charge in [0.05, 0.1) is 11.4 Å². The molecule has 2 heterocycles. The van der Waals surface area contributed by atoms with Crippen molar-refractivity contribution in [2.45, 2.75) is 26.1 Å². The highest BCUT2D eigenvalue weighted by molar-refractivity contribution is 7.99. The lowest BCUT2D eigenvalue weighted by atomic mass is 10.1. The molecule has 6 heteroatoms. The molecule has 1 saturated heterocycles. The summed E-state index contributed by atoms with van der Waals surface area (Å²) in [6.45, 7) is 8.39. The maximum absolute atomic E-state index is 12.6. The molecule has 1 amide bonds. The van der Waals surface area contributed by atoms with Gasteiger partial charge in [-0.2, -0.15) is 0 Å². The molecular weight excluding hydrogens is 406 g/mol. The lowest BCUT2D eigenvalue weighted by molar-refractivity contribution is -0.130. The maximum atomic E-state index is 12.6. The number of aryl methyl sites for hydroxylation is 2. The van der Waals surface area contributed by atoms with Crippen molar-refractivity contribution in [3.8, 4) is 11.5 Å². The average molecular weight is 436 g/mol. The Balaban J connectivity index is 1.23. The summed E-state index contributed by atoms with van der Waals surface area (Å²) in [6, 6.07) is 18.7. The van der Waals surface area contributed by atoms with E-state index in [2.05, 4.69) is 53.2 Å². The maximum Gasteiger partial charge on any atom is 0.232 e. The summed E-state index contributed by atoms with van der Waals surface area (Å²) in [6.07, 6.45) is 0. The Bertz CT molecular complexity index is 1010. The Kier molecular flexibility index (Phi) is 7.10. The van der Waals surface area contributed by atoms with Crippen molar-refractivity contribution in [3.05, 3.63) is 77.2 Å². The molecule has 4 rings (SSSR count). The number of nitrogens with zero attached hydrogens (tertiary/aromatic N) is 3. The van der Waals surface area contributed by atoms with Gasteiger partial charge in [0.1, 0.15) is 5.76 Å². The molecule has 0 atom stereocenters. The highest BCUT2D eigenvalue weighted by atomic mass is 32.2. The second kappa shape index (κ2) is 10.2. The smallest absolute Gasteiger partial charge is 0.232 e. The van der Waals surface area contributed by atoms with Gasteiger partial charge in [-0.25, -0.2) is 4.98 Å². The predicted molar refractivity (Wildman–Crippen MR) is 126 cm³/mol. The molecule has 1 aliphatic heterocycles. The van der Waals surface area contributed by atoms with E-state index in [4.69, 9.17) is 4.42 Å². The molecule has 1 aromatic heterocycles. The SMILES string of the molecule is Cc1cccc(-c2nc(CSCC(=O)N3CCN(Cc4ccccc4)CC3)c(C)o2)c1. The first kappa shape index (κ1) is 21.7. The van der Waals surface area contributed by atoms with Crippen molar-refractivity contribution in [2.75, 3.05) is 31.9 Å². The first-order chi connectivity index (χ1) is 15.1. The molecule has 1 aliphatic rings. The summed E-state index contributed by atoms with van der Waals surface area (Å²) in [4.78, 5) is 21.7. The molecule has 0 aliphatic carbocycles. The number of piperazine rings is 1. The molecule has 1 fully saturated rings. The normalized spacial score (nSPS) is 14.7. The second-order valence-electron chi connectivity index (χ2n) is 8.03. The third kappa shape index (κ3) is 5.77. The Labute approximate surface area is 188 Å². The Hall–Kier alpha value is -2.57. The average Bonchev–Trinajstić information content (AvgIpc) is 3.15. The lowest BCUT2D eigenvalue weighted by Crippen LogP contribution is -2.48. The monoisotopic (exact) mass is 435 g/mol. The van der Waals surface area contributed by atoms with E-state index < -0.39 is 0 Å². The number of amides is 1. The first-order valence-corrected chi connectivity index (χ1v) is 11.9. The fraction of sp³-hybridized carbons (Fsp3) is 0.360. The molecule has 2 aromatic carbocycles. The number of hydrogen-bond donors (Lipinski definition) is 0.